The molecule has 3 heterocycles. The average Bonchev–Trinajstić information content (AvgIpc) is 3.32. The van der Waals surface area contributed by atoms with E-state index in [-0.39, 0.29) is 18.1 Å². The van der Waals surface area contributed by atoms with Crippen LogP contribution in [0.15, 0.2) is 65.8 Å². The smallest absolute Gasteiger partial charge is 0.493 e. The molecular weight excluding hydrogens is 415 g/mol. The highest BCUT2D eigenvalue weighted by molar-refractivity contribution is 5.42. The van der Waals surface area contributed by atoms with E-state index in [2.05, 4.69) is 14.8 Å². The SMILES string of the molecule is Cc1c(O)n(-c2ccc(OC(F)(F)F)cc2)c(=O)n1Cc1ccnc(-n2cccn2)c1. The molecule has 1 aromatic carbocycles. The Labute approximate surface area is 173 Å². The molecule has 0 aliphatic carbocycles. The van der Waals surface area contributed by atoms with Gasteiger partial charge in [0.15, 0.2) is 5.82 Å². The van der Waals surface area contributed by atoms with Gasteiger partial charge in [-0.3, -0.25) is 4.57 Å². The van der Waals surface area contributed by atoms with Crippen molar-refractivity contribution in [1.29, 1.82) is 0 Å². The van der Waals surface area contributed by atoms with Crippen LogP contribution in [0.1, 0.15) is 11.3 Å². The van der Waals surface area contributed by atoms with Crippen molar-refractivity contribution in [2.24, 2.45) is 0 Å². The fourth-order valence-electron chi connectivity index (χ4n) is 3.12. The summed E-state index contributed by atoms with van der Waals surface area (Å²) in [6.45, 7) is 1.72. The van der Waals surface area contributed by atoms with Crippen LogP contribution in [-0.4, -0.2) is 35.4 Å². The third-order valence-corrected chi connectivity index (χ3v) is 4.58. The highest BCUT2D eigenvalue weighted by atomic mass is 19.4. The molecule has 0 fully saturated rings. The number of hydrogen-bond acceptors (Lipinski definition) is 5. The monoisotopic (exact) mass is 431 g/mol. The minimum Gasteiger partial charge on any atom is -0.493 e. The van der Waals surface area contributed by atoms with Gasteiger partial charge < -0.3 is 9.84 Å². The molecule has 3 aromatic heterocycles. The average molecular weight is 431 g/mol. The Kier molecular flexibility index (Phi) is 5.01. The van der Waals surface area contributed by atoms with Gasteiger partial charge in [0, 0.05) is 18.6 Å². The minimum atomic E-state index is -4.82. The summed E-state index contributed by atoms with van der Waals surface area (Å²) in [6, 6.07) is 9.91. The molecule has 0 spiro atoms. The lowest BCUT2D eigenvalue weighted by molar-refractivity contribution is -0.274. The maximum atomic E-state index is 13.0. The molecule has 0 bridgehead atoms. The van der Waals surface area contributed by atoms with Crippen molar-refractivity contribution >= 4 is 0 Å². The number of hydrogen-bond donors (Lipinski definition) is 1. The Morgan fingerprint density at radius 2 is 1.87 bits per heavy atom. The molecule has 0 aliphatic rings. The first-order chi connectivity index (χ1) is 14.7. The molecule has 4 aromatic rings. The molecular formula is C20H16F3N5O3. The van der Waals surface area contributed by atoms with Crippen LogP contribution in [0.2, 0.25) is 0 Å². The molecule has 11 heteroatoms. The van der Waals surface area contributed by atoms with Gasteiger partial charge in [-0.15, -0.1) is 13.2 Å². The number of pyridine rings is 1. The first-order valence-electron chi connectivity index (χ1n) is 9.05. The second kappa shape index (κ2) is 7.67. The molecule has 160 valence electrons. The van der Waals surface area contributed by atoms with Gasteiger partial charge in [-0.2, -0.15) is 5.10 Å². The topological polar surface area (TPSA) is 87.1 Å². The van der Waals surface area contributed by atoms with Crippen LogP contribution >= 0.6 is 0 Å². The van der Waals surface area contributed by atoms with E-state index < -0.39 is 17.8 Å². The Morgan fingerprint density at radius 1 is 1.13 bits per heavy atom. The van der Waals surface area contributed by atoms with Gasteiger partial charge in [-0.1, -0.05) is 0 Å². The quantitative estimate of drug-likeness (QED) is 0.525. The zero-order valence-corrected chi connectivity index (χ0v) is 16.1. The first-order valence-corrected chi connectivity index (χ1v) is 9.05. The first kappa shape index (κ1) is 20.3. The van der Waals surface area contributed by atoms with Crippen LogP contribution in [0.5, 0.6) is 11.6 Å². The summed E-state index contributed by atoms with van der Waals surface area (Å²) < 4.78 is 44.8. The highest BCUT2D eigenvalue weighted by Crippen LogP contribution is 2.26. The van der Waals surface area contributed by atoms with Crippen LogP contribution < -0.4 is 10.4 Å². The normalized spacial score (nSPS) is 11.6. The van der Waals surface area contributed by atoms with E-state index in [9.17, 15) is 23.1 Å². The second-order valence-corrected chi connectivity index (χ2v) is 6.63. The maximum absolute atomic E-state index is 13.0. The van der Waals surface area contributed by atoms with Gasteiger partial charge >= 0.3 is 12.1 Å². The number of aromatic hydroxyl groups is 1. The van der Waals surface area contributed by atoms with Crippen LogP contribution in [0.25, 0.3) is 11.5 Å². The maximum Gasteiger partial charge on any atom is 0.573 e. The Balaban J connectivity index is 1.66. The van der Waals surface area contributed by atoms with E-state index in [0.29, 0.717) is 11.5 Å². The molecule has 0 unspecified atom stereocenters. The molecule has 31 heavy (non-hydrogen) atoms. The number of rotatable bonds is 5. The van der Waals surface area contributed by atoms with Gasteiger partial charge in [0.2, 0.25) is 5.88 Å². The van der Waals surface area contributed by atoms with Crippen LogP contribution in [-0.2, 0) is 6.54 Å². The number of imidazole rings is 1. The summed E-state index contributed by atoms with van der Waals surface area (Å²) in [7, 11) is 0. The van der Waals surface area contributed by atoms with Crippen LogP contribution in [0.3, 0.4) is 0 Å². The zero-order chi connectivity index (χ0) is 22.2. The van der Waals surface area contributed by atoms with Crippen molar-refractivity contribution in [1.82, 2.24) is 23.9 Å². The molecule has 1 N–H and O–H groups in total. The number of benzene rings is 1. The highest BCUT2D eigenvalue weighted by Gasteiger charge is 2.31. The lowest BCUT2D eigenvalue weighted by Crippen LogP contribution is -2.24. The molecule has 0 saturated carbocycles. The summed E-state index contributed by atoms with van der Waals surface area (Å²) >= 11 is 0. The van der Waals surface area contributed by atoms with Crippen molar-refractivity contribution in [3.8, 4) is 23.1 Å². The standard InChI is InChI=1S/C20H16F3N5O3/c1-13-18(29)28(15-3-5-16(6-4-15)31-20(21,22)23)19(30)26(13)12-14-7-9-24-17(11-14)27-10-2-8-25-27/h2-11,29H,12H2,1H3. The second-order valence-electron chi connectivity index (χ2n) is 6.63. The summed E-state index contributed by atoms with van der Waals surface area (Å²) in [4.78, 5) is 17.2. The van der Waals surface area contributed by atoms with Crippen molar-refractivity contribution in [2.45, 2.75) is 19.8 Å². The Hall–Kier alpha value is -4.02. The Bertz CT molecular complexity index is 1260. The minimum absolute atomic E-state index is 0.150. The molecule has 0 saturated heterocycles. The molecule has 0 radical (unpaired) electrons. The van der Waals surface area contributed by atoms with Crippen molar-refractivity contribution < 1.29 is 23.0 Å². The lowest BCUT2D eigenvalue weighted by Gasteiger charge is -2.09. The molecule has 4 rings (SSSR count). The molecule has 0 aliphatic heterocycles. The third kappa shape index (κ3) is 4.15. The van der Waals surface area contributed by atoms with Gasteiger partial charge in [-0.05, 0) is 55.0 Å². The molecule has 0 atom stereocenters. The third-order valence-electron chi connectivity index (χ3n) is 4.58. The van der Waals surface area contributed by atoms with E-state index in [1.807, 2.05) is 0 Å². The van der Waals surface area contributed by atoms with Crippen LogP contribution in [0.4, 0.5) is 13.2 Å². The van der Waals surface area contributed by atoms with E-state index in [1.54, 1.807) is 48.4 Å². The van der Waals surface area contributed by atoms with Gasteiger partial charge in [0.05, 0.1) is 17.9 Å². The Morgan fingerprint density at radius 3 is 2.52 bits per heavy atom. The number of halogens is 3. The van der Waals surface area contributed by atoms with E-state index in [0.717, 1.165) is 22.3 Å². The van der Waals surface area contributed by atoms with E-state index >= 15 is 0 Å². The number of alkyl halides is 3. The lowest BCUT2D eigenvalue weighted by atomic mass is 10.2. The summed E-state index contributed by atoms with van der Waals surface area (Å²) in [5.41, 5.74) is 0.706. The van der Waals surface area contributed by atoms with Crippen molar-refractivity contribution in [3.63, 3.8) is 0 Å². The zero-order valence-electron chi connectivity index (χ0n) is 16.1. The fraction of sp³-hybridized carbons (Fsp3) is 0.150. The fourth-order valence-corrected chi connectivity index (χ4v) is 3.12. The predicted octanol–water partition coefficient (Wildman–Crippen LogP) is 3.18. The number of nitrogens with zero attached hydrogens (tertiary/aromatic N) is 5. The molecule has 0 amide bonds. The van der Waals surface area contributed by atoms with E-state index in [1.165, 1.54) is 16.7 Å². The number of ether oxygens (including phenoxy) is 1. The predicted molar refractivity (Wildman–Crippen MR) is 104 cm³/mol. The number of aromatic nitrogens is 5. The summed E-state index contributed by atoms with van der Waals surface area (Å²) in [6.07, 6.45) is 0.118. The largest absolute Gasteiger partial charge is 0.573 e. The summed E-state index contributed by atoms with van der Waals surface area (Å²) in [5, 5.41) is 14.6. The van der Waals surface area contributed by atoms with Crippen LogP contribution in [0, 0.1) is 6.92 Å². The molecule has 8 nitrogen and oxygen atoms in total. The van der Waals surface area contributed by atoms with Crippen molar-refractivity contribution in [2.75, 3.05) is 0 Å². The van der Waals surface area contributed by atoms with Crippen molar-refractivity contribution in [3.05, 3.63) is 82.8 Å². The van der Waals surface area contributed by atoms with Gasteiger partial charge in [0.1, 0.15) is 5.75 Å². The van der Waals surface area contributed by atoms with Gasteiger partial charge in [-0.25, -0.2) is 19.0 Å². The van der Waals surface area contributed by atoms with E-state index in [4.69, 9.17) is 0 Å². The van der Waals surface area contributed by atoms with Gasteiger partial charge in [0.25, 0.3) is 0 Å². The summed E-state index contributed by atoms with van der Waals surface area (Å²) in [5.74, 6) is -0.171.